The monoisotopic (exact) mass is 214 g/mol. The van der Waals surface area contributed by atoms with E-state index in [4.69, 9.17) is 0 Å². The molecule has 0 aromatic heterocycles. The number of ketones is 1. The first-order valence-electron chi connectivity index (χ1n) is 6.35. The van der Waals surface area contributed by atoms with E-state index in [1.54, 1.807) is 6.92 Å². The summed E-state index contributed by atoms with van der Waals surface area (Å²) in [6, 6.07) is 8.32. The first-order chi connectivity index (χ1) is 7.74. The Hall–Kier alpha value is -1.11. The zero-order valence-corrected chi connectivity index (χ0v) is 9.78. The van der Waals surface area contributed by atoms with Crippen molar-refractivity contribution >= 4 is 5.78 Å². The minimum atomic E-state index is 0.166. The van der Waals surface area contributed by atoms with E-state index in [0.717, 1.165) is 23.3 Å². The number of hydrogen-bond donors (Lipinski definition) is 0. The second kappa shape index (κ2) is 3.73. The van der Waals surface area contributed by atoms with Crippen LogP contribution in [0.4, 0.5) is 0 Å². The minimum Gasteiger partial charge on any atom is -0.295 e. The molecule has 0 spiro atoms. The van der Waals surface area contributed by atoms with E-state index >= 15 is 0 Å². The zero-order valence-electron chi connectivity index (χ0n) is 9.78. The molecule has 0 amide bonds. The number of hydrogen-bond acceptors (Lipinski definition) is 1. The Bertz CT molecular complexity index is 404. The molecule has 0 radical (unpaired) electrons. The molecule has 2 fully saturated rings. The van der Waals surface area contributed by atoms with Gasteiger partial charge < -0.3 is 0 Å². The molecule has 2 aliphatic rings. The van der Waals surface area contributed by atoms with Crippen LogP contribution in [0, 0.1) is 11.8 Å². The highest BCUT2D eigenvalue weighted by Crippen LogP contribution is 2.52. The van der Waals surface area contributed by atoms with Gasteiger partial charge in [0.05, 0.1) is 0 Å². The van der Waals surface area contributed by atoms with Crippen molar-refractivity contribution in [1.82, 2.24) is 0 Å². The Morgan fingerprint density at radius 3 is 2.38 bits per heavy atom. The van der Waals surface area contributed by atoms with Gasteiger partial charge in [-0.1, -0.05) is 30.7 Å². The molecule has 2 bridgehead atoms. The summed E-state index contributed by atoms with van der Waals surface area (Å²) in [5, 5.41) is 0. The molecule has 0 aliphatic heterocycles. The molecule has 3 atom stereocenters. The fourth-order valence-corrected chi connectivity index (χ4v) is 3.62. The van der Waals surface area contributed by atoms with Crippen molar-refractivity contribution in [1.29, 1.82) is 0 Å². The van der Waals surface area contributed by atoms with Crippen molar-refractivity contribution in [3.8, 4) is 0 Å². The summed E-state index contributed by atoms with van der Waals surface area (Å²) in [5.41, 5.74) is 2.30. The fourth-order valence-electron chi connectivity index (χ4n) is 3.62. The molecule has 1 nitrogen and oxygen atoms in total. The van der Waals surface area contributed by atoms with Crippen LogP contribution in [0.1, 0.15) is 54.4 Å². The van der Waals surface area contributed by atoms with E-state index in [-0.39, 0.29) is 5.78 Å². The van der Waals surface area contributed by atoms with Crippen LogP contribution < -0.4 is 0 Å². The molecule has 1 aromatic carbocycles. The number of carbonyl (C=O) groups excluding carboxylic acids is 1. The molecule has 3 rings (SSSR count). The lowest BCUT2D eigenvalue weighted by molar-refractivity contribution is 0.101. The smallest absolute Gasteiger partial charge is 0.159 e. The number of fused-ring (bicyclic) bond motifs is 2. The third-order valence-corrected chi connectivity index (χ3v) is 4.48. The first kappa shape index (κ1) is 10.1. The largest absolute Gasteiger partial charge is 0.295 e. The second-order valence-corrected chi connectivity index (χ2v) is 5.46. The van der Waals surface area contributed by atoms with Gasteiger partial charge in [-0.2, -0.15) is 0 Å². The lowest BCUT2D eigenvalue weighted by Crippen LogP contribution is -2.08. The van der Waals surface area contributed by atoms with Gasteiger partial charge in [0, 0.05) is 5.56 Å². The van der Waals surface area contributed by atoms with E-state index in [0.29, 0.717) is 0 Å². The van der Waals surface area contributed by atoms with Gasteiger partial charge in [-0.3, -0.25) is 4.79 Å². The highest BCUT2D eigenvalue weighted by Gasteiger charge is 2.39. The maximum atomic E-state index is 11.2. The van der Waals surface area contributed by atoms with Crippen molar-refractivity contribution in [2.75, 3.05) is 0 Å². The molecule has 1 heteroatoms. The molecular weight excluding hydrogens is 196 g/mol. The summed E-state index contributed by atoms with van der Waals surface area (Å²) in [6.07, 6.45) is 5.69. The molecule has 0 N–H and O–H groups in total. The van der Waals surface area contributed by atoms with Gasteiger partial charge >= 0.3 is 0 Å². The first-order valence-corrected chi connectivity index (χ1v) is 6.35. The molecule has 0 unspecified atom stereocenters. The number of benzene rings is 1. The maximum absolute atomic E-state index is 11.2. The van der Waals surface area contributed by atoms with E-state index < -0.39 is 0 Å². The third-order valence-electron chi connectivity index (χ3n) is 4.48. The summed E-state index contributed by atoms with van der Waals surface area (Å²) >= 11 is 0. The molecule has 0 heterocycles. The standard InChI is InChI=1S/C15H18O/c1-10(16)12-4-6-13(7-5-12)15-9-11-2-3-14(15)8-11/h4-7,11,14-15H,2-3,8-9H2,1H3/t11-,14+,15+/m1/s1. The van der Waals surface area contributed by atoms with E-state index in [1.165, 1.54) is 31.2 Å². The normalized spacial score (nSPS) is 31.9. The molecular formula is C15H18O. The summed E-state index contributed by atoms with van der Waals surface area (Å²) < 4.78 is 0. The lowest BCUT2D eigenvalue weighted by atomic mass is 9.83. The Kier molecular flexibility index (Phi) is 2.34. The molecule has 16 heavy (non-hydrogen) atoms. The van der Waals surface area contributed by atoms with Crippen LogP contribution in [0.3, 0.4) is 0 Å². The summed E-state index contributed by atoms with van der Waals surface area (Å²) in [6.45, 7) is 1.63. The molecule has 84 valence electrons. The van der Waals surface area contributed by atoms with Crippen molar-refractivity contribution in [3.63, 3.8) is 0 Å². The molecule has 0 saturated heterocycles. The van der Waals surface area contributed by atoms with E-state index in [1.807, 2.05) is 12.1 Å². The lowest BCUT2D eigenvalue weighted by Gasteiger charge is -2.22. The second-order valence-electron chi connectivity index (χ2n) is 5.46. The summed E-state index contributed by atoms with van der Waals surface area (Å²) in [7, 11) is 0. The SMILES string of the molecule is CC(=O)c1ccc([C@@H]2C[C@@H]3CC[C@H]2C3)cc1. The van der Waals surface area contributed by atoms with Crippen LogP contribution >= 0.6 is 0 Å². The van der Waals surface area contributed by atoms with Gasteiger partial charge in [-0.05, 0) is 49.5 Å². The highest BCUT2D eigenvalue weighted by atomic mass is 16.1. The van der Waals surface area contributed by atoms with Crippen LogP contribution in [0.5, 0.6) is 0 Å². The number of carbonyl (C=O) groups is 1. The van der Waals surface area contributed by atoms with Crippen LogP contribution in [-0.4, -0.2) is 5.78 Å². The van der Waals surface area contributed by atoms with Crippen molar-refractivity contribution in [3.05, 3.63) is 35.4 Å². The van der Waals surface area contributed by atoms with Gasteiger partial charge in [0.15, 0.2) is 5.78 Å². The topological polar surface area (TPSA) is 17.1 Å². The average Bonchev–Trinajstić information content (AvgIpc) is 2.91. The Morgan fingerprint density at radius 1 is 1.12 bits per heavy atom. The molecule has 2 saturated carbocycles. The van der Waals surface area contributed by atoms with Crippen molar-refractivity contribution in [2.45, 2.75) is 38.5 Å². The predicted octanol–water partition coefficient (Wildman–Crippen LogP) is 3.79. The third kappa shape index (κ3) is 1.59. The molecule has 1 aromatic rings. The van der Waals surface area contributed by atoms with Crippen LogP contribution in [0.15, 0.2) is 24.3 Å². The van der Waals surface area contributed by atoms with Gasteiger partial charge in [-0.15, -0.1) is 0 Å². The minimum absolute atomic E-state index is 0.166. The van der Waals surface area contributed by atoms with Gasteiger partial charge in [0.2, 0.25) is 0 Å². The Balaban J connectivity index is 1.82. The average molecular weight is 214 g/mol. The van der Waals surface area contributed by atoms with Gasteiger partial charge in [0.25, 0.3) is 0 Å². The van der Waals surface area contributed by atoms with Crippen molar-refractivity contribution in [2.24, 2.45) is 11.8 Å². The Labute approximate surface area is 96.9 Å². The Morgan fingerprint density at radius 2 is 1.88 bits per heavy atom. The van der Waals surface area contributed by atoms with Crippen LogP contribution in [-0.2, 0) is 0 Å². The number of Topliss-reactive ketones (excluding diaryl/α,β-unsaturated/α-hetero) is 1. The predicted molar refractivity (Wildman–Crippen MR) is 64.6 cm³/mol. The number of rotatable bonds is 2. The van der Waals surface area contributed by atoms with Crippen LogP contribution in [0.25, 0.3) is 0 Å². The highest BCUT2D eigenvalue weighted by molar-refractivity contribution is 5.94. The van der Waals surface area contributed by atoms with Crippen LogP contribution in [0.2, 0.25) is 0 Å². The van der Waals surface area contributed by atoms with E-state index in [2.05, 4.69) is 12.1 Å². The maximum Gasteiger partial charge on any atom is 0.159 e. The van der Waals surface area contributed by atoms with Crippen molar-refractivity contribution < 1.29 is 4.79 Å². The summed E-state index contributed by atoms with van der Waals surface area (Å²) in [5.74, 6) is 2.86. The quantitative estimate of drug-likeness (QED) is 0.684. The summed E-state index contributed by atoms with van der Waals surface area (Å²) in [4.78, 5) is 11.2. The van der Waals surface area contributed by atoms with Gasteiger partial charge in [0.1, 0.15) is 0 Å². The van der Waals surface area contributed by atoms with E-state index in [9.17, 15) is 4.79 Å². The van der Waals surface area contributed by atoms with Gasteiger partial charge in [-0.25, -0.2) is 0 Å². The molecule has 2 aliphatic carbocycles. The fraction of sp³-hybridized carbons (Fsp3) is 0.533. The zero-order chi connectivity index (χ0) is 11.1.